The lowest BCUT2D eigenvalue weighted by Crippen LogP contribution is -2.43. The molecule has 132 valence electrons. The average molecular weight is 340 g/mol. The highest BCUT2D eigenvalue weighted by molar-refractivity contribution is 5.92. The molecule has 0 unspecified atom stereocenters. The quantitative estimate of drug-likeness (QED) is 0.930. The normalized spacial score (nSPS) is 15.4. The summed E-state index contributed by atoms with van der Waals surface area (Å²) >= 11 is 0. The van der Waals surface area contributed by atoms with E-state index in [0.717, 1.165) is 24.2 Å². The summed E-state index contributed by atoms with van der Waals surface area (Å²) < 4.78 is 1.91. The Kier molecular flexibility index (Phi) is 5.16. The number of carbonyl (C=O) groups excluding carboxylic acids is 2. The zero-order chi connectivity index (χ0) is 17.8. The second-order valence-corrected chi connectivity index (χ2v) is 6.76. The summed E-state index contributed by atoms with van der Waals surface area (Å²) in [5, 5.41) is 2.98. The predicted molar refractivity (Wildman–Crippen MR) is 96.3 cm³/mol. The number of hydrogen-bond acceptors (Lipinski definition) is 3. The summed E-state index contributed by atoms with van der Waals surface area (Å²) in [5.41, 5.74) is 1.78. The van der Waals surface area contributed by atoms with Crippen molar-refractivity contribution < 1.29 is 9.59 Å². The number of amides is 2. The molecule has 0 atom stereocenters. The summed E-state index contributed by atoms with van der Waals surface area (Å²) in [6.45, 7) is 5.15. The van der Waals surface area contributed by atoms with Crippen LogP contribution >= 0.6 is 0 Å². The number of aromatic nitrogens is 2. The van der Waals surface area contributed by atoms with Gasteiger partial charge in [0.2, 0.25) is 11.8 Å². The number of hydrogen-bond donors (Lipinski definition) is 1. The number of nitrogens with zero attached hydrogens (tertiary/aromatic N) is 3. The number of likely N-dealkylation sites (tertiary alicyclic amines) is 1. The number of anilines is 1. The van der Waals surface area contributed by atoms with E-state index in [1.165, 1.54) is 0 Å². The molecule has 2 amide bonds. The Morgan fingerprint density at radius 2 is 1.84 bits per heavy atom. The third kappa shape index (κ3) is 4.07. The standard InChI is InChI=1S/C19H24N4O2/c1-14(2)19(25)22-10-7-15(8-11-22)18(24)21-16-3-5-17(6-4-16)23-12-9-20-13-23/h3-6,9,12-15H,7-8,10-11H2,1-2H3,(H,21,24). The molecular formula is C19H24N4O2. The molecule has 1 aliphatic heterocycles. The van der Waals surface area contributed by atoms with Crippen molar-refractivity contribution in [2.75, 3.05) is 18.4 Å². The van der Waals surface area contributed by atoms with E-state index < -0.39 is 0 Å². The minimum absolute atomic E-state index is 0.0133. The van der Waals surface area contributed by atoms with Crippen LogP contribution in [0.1, 0.15) is 26.7 Å². The molecule has 0 spiro atoms. The van der Waals surface area contributed by atoms with Crippen molar-refractivity contribution in [3.63, 3.8) is 0 Å². The Hall–Kier alpha value is -2.63. The lowest BCUT2D eigenvalue weighted by atomic mass is 9.95. The predicted octanol–water partition coefficient (Wildman–Crippen LogP) is 2.71. The Morgan fingerprint density at radius 1 is 1.16 bits per heavy atom. The Labute approximate surface area is 147 Å². The molecule has 1 N–H and O–H groups in total. The molecule has 1 aliphatic rings. The molecule has 1 fully saturated rings. The molecular weight excluding hydrogens is 316 g/mol. The maximum Gasteiger partial charge on any atom is 0.227 e. The van der Waals surface area contributed by atoms with Crippen LogP contribution in [0.15, 0.2) is 43.0 Å². The van der Waals surface area contributed by atoms with E-state index >= 15 is 0 Å². The number of carbonyl (C=O) groups is 2. The van der Waals surface area contributed by atoms with Crippen molar-refractivity contribution in [1.82, 2.24) is 14.5 Å². The van der Waals surface area contributed by atoms with Crippen LogP contribution in [0.5, 0.6) is 0 Å². The van der Waals surface area contributed by atoms with Crippen molar-refractivity contribution in [2.45, 2.75) is 26.7 Å². The van der Waals surface area contributed by atoms with Gasteiger partial charge < -0.3 is 14.8 Å². The van der Waals surface area contributed by atoms with Crippen LogP contribution < -0.4 is 5.32 Å². The largest absolute Gasteiger partial charge is 0.342 e. The number of nitrogens with one attached hydrogen (secondary N) is 1. The van der Waals surface area contributed by atoms with Gasteiger partial charge in [-0.3, -0.25) is 9.59 Å². The lowest BCUT2D eigenvalue weighted by Gasteiger charge is -2.32. The van der Waals surface area contributed by atoms with E-state index in [0.29, 0.717) is 13.1 Å². The number of imidazole rings is 1. The van der Waals surface area contributed by atoms with Crippen LogP contribution in [0.3, 0.4) is 0 Å². The highest BCUT2D eigenvalue weighted by Crippen LogP contribution is 2.21. The van der Waals surface area contributed by atoms with Crippen molar-refractivity contribution in [3.8, 4) is 5.69 Å². The Balaban J connectivity index is 1.54. The molecule has 0 saturated carbocycles. The lowest BCUT2D eigenvalue weighted by molar-refractivity contribution is -0.137. The summed E-state index contributed by atoms with van der Waals surface area (Å²) in [4.78, 5) is 30.4. The second kappa shape index (κ2) is 7.51. The molecule has 6 heteroatoms. The van der Waals surface area contributed by atoms with Crippen LogP contribution in [-0.4, -0.2) is 39.4 Å². The second-order valence-electron chi connectivity index (χ2n) is 6.76. The molecule has 6 nitrogen and oxygen atoms in total. The summed E-state index contributed by atoms with van der Waals surface area (Å²) in [7, 11) is 0. The van der Waals surface area contributed by atoms with Crippen molar-refractivity contribution >= 4 is 17.5 Å². The molecule has 0 radical (unpaired) electrons. The van der Waals surface area contributed by atoms with E-state index in [1.54, 1.807) is 12.5 Å². The van der Waals surface area contributed by atoms with Gasteiger partial charge in [0.25, 0.3) is 0 Å². The van der Waals surface area contributed by atoms with Crippen molar-refractivity contribution in [1.29, 1.82) is 0 Å². The van der Waals surface area contributed by atoms with Crippen LogP contribution in [0.25, 0.3) is 5.69 Å². The van der Waals surface area contributed by atoms with E-state index in [9.17, 15) is 9.59 Å². The topological polar surface area (TPSA) is 67.2 Å². The van der Waals surface area contributed by atoms with Gasteiger partial charge in [-0.2, -0.15) is 0 Å². The summed E-state index contributed by atoms with van der Waals surface area (Å²) in [6.07, 6.45) is 6.78. The van der Waals surface area contributed by atoms with Crippen molar-refractivity contribution in [3.05, 3.63) is 43.0 Å². The molecule has 0 bridgehead atoms. The molecule has 1 aromatic carbocycles. The van der Waals surface area contributed by atoms with Gasteiger partial charge in [-0.1, -0.05) is 13.8 Å². The fraction of sp³-hybridized carbons (Fsp3) is 0.421. The maximum absolute atomic E-state index is 12.5. The van der Waals surface area contributed by atoms with E-state index in [4.69, 9.17) is 0 Å². The fourth-order valence-corrected chi connectivity index (χ4v) is 3.10. The first-order valence-electron chi connectivity index (χ1n) is 8.72. The maximum atomic E-state index is 12.5. The first-order valence-corrected chi connectivity index (χ1v) is 8.72. The molecule has 0 aliphatic carbocycles. The van der Waals surface area contributed by atoms with E-state index in [-0.39, 0.29) is 23.7 Å². The van der Waals surface area contributed by atoms with Crippen LogP contribution in [0.2, 0.25) is 0 Å². The number of piperidine rings is 1. The Morgan fingerprint density at radius 3 is 2.40 bits per heavy atom. The Bertz CT molecular complexity index is 714. The van der Waals surface area contributed by atoms with Gasteiger partial charge in [0, 0.05) is 48.7 Å². The SMILES string of the molecule is CC(C)C(=O)N1CCC(C(=O)Nc2ccc(-n3ccnc3)cc2)CC1. The molecule has 1 aromatic heterocycles. The minimum atomic E-state index is -0.0375. The first kappa shape index (κ1) is 17.2. The van der Waals surface area contributed by atoms with Gasteiger partial charge in [-0.15, -0.1) is 0 Å². The van der Waals surface area contributed by atoms with Gasteiger partial charge in [0.05, 0.1) is 6.33 Å². The molecule has 1 saturated heterocycles. The van der Waals surface area contributed by atoms with Gasteiger partial charge in [0.15, 0.2) is 0 Å². The minimum Gasteiger partial charge on any atom is -0.342 e. The molecule has 25 heavy (non-hydrogen) atoms. The zero-order valence-electron chi connectivity index (χ0n) is 14.7. The highest BCUT2D eigenvalue weighted by Gasteiger charge is 2.28. The van der Waals surface area contributed by atoms with Crippen LogP contribution in [-0.2, 0) is 9.59 Å². The average Bonchev–Trinajstić information content (AvgIpc) is 3.16. The van der Waals surface area contributed by atoms with Crippen LogP contribution in [0.4, 0.5) is 5.69 Å². The number of rotatable bonds is 4. The van der Waals surface area contributed by atoms with E-state index in [2.05, 4.69) is 10.3 Å². The van der Waals surface area contributed by atoms with Gasteiger partial charge >= 0.3 is 0 Å². The molecule has 2 heterocycles. The summed E-state index contributed by atoms with van der Waals surface area (Å²) in [5.74, 6) is 0.185. The van der Waals surface area contributed by atoms with Gasteiger partial charge in [0.1, 0.15) is 0 Å². The molecule has 2 aromatic rings. The van der Waals surface area contributed by atoms with Gasteiger partial charge in [-0.25, -0.2) is 4.98 Å². The smallest absolute Gasteiger partial charge is 0.227 e. The third-order valence-electron chi connectivity index (χ3n) is 4.61. The van der Waals surface area contributed by atoms with E-state index in [1.807, 2.05) is 53.8 Å². The van der Waals surface area contributed by atoms with Crippen molar-refractivity contribution in [2.24, 2.45) is 11.8 Å². The zero-order valence-corrected chi connectivity index (χ0v) is 14.7. The monoisotopic (exact) mass is 340 g/mol. The third-order valence-corrected chi connectivity index (χ3v) is 4.61. The summed E-state index contributed by atoms with van der Waals surface area (Å²) in [6, 6.07) is 7.68. The number of benzene rings is 1. The van der Waals surface area contributed by atoms with Gasteiger partial charge in [-0.05, 0) is 37.1 Å². The molecule has 3 rings (SSSR count). The fourth-order valence-electron chi connectivity index (χ4n) is 3.10. The van der Waals surface area contributed by atoms with Crippen LogP contribution in [0, 0.1) is 11.8 Å². The highest BCUT2D eigenvalue weighted by atomic mass is 16.2. The first-order chi connectivity index (χ1) is 12.0.